The van der Waals surface area contributed by atoms with Gasteiger partial charge in [-0.3, -0.25) is 0 Å². The van der Waals surface area contributed by atoms with Gasteiger partial charge in [-0.25, -0.2) is 0 Å². The fourth-order valence-corrected chi connectivity index (χ4v) is 14.5. The van der Waals surface area contributed by atoms with Crippen LogP contribution in [0.25, 0.3) is 164 Å². The van der Waals surface area contributed by atoms with E-state index in [0.717, 1.165) is 0 Å². The van der Waals surface area contributed by atoms with E-state index in [0.29, 0.717) is 0 Å². The maximum atomic E-state index is 2.54. The standard InChI is InChI=1S/C77H48N2/c1-77(2)69-26-13-11-23-58(69)59-30-28-49(41-70(59)77)55-37-66-62-36-51(29-31-72(62)79-73-42-48-21-10-9-20-47(48)35-63(73)67(38-55)76(66)79)57-25-15-22-50-43-74-64(44-61(50)57)68-40-56(39-65-60-24-12-14-27-71(60)78(74)75(65)68)54-33-52(45-16-5-3-6-17-45)32-53(34-54)46-18-7-4-8-19-46/h3-44H,1-2H3. The summed E-state index contributed by atoms with van der Waals surface area (Å²) in [6, 6.07) is 96.4. The molecule has 0 fully saturated rings. The van der Waals surface area contributed by atoms with Gasteiger partial charge in [-0.2, -0.15) is 0 Å². The highest BCUT2D eigenvalue weighted by Gasteiger charge is 2.35. The first kappa shape index (κ1) is 43.1. The molecule has 0 aliphatic heterocycles. The first-order valence-electron chi connectivity index (χ1n) is 27.7. The van der Waals surface area contributed by atoms with Gasteiger partial charge in [0.1, 0.15) is 0 Å². The smallest absolute Gasteiger partial charge is 0.0620 e. The topological polar surface area (TPSA) is 8.82 Å². The van der Waals surface area contributed by atoms with Gasteiger partial charge in [0.2, 0.25) is 0 Å². The van der Waals surface area contributed by atoms with E-state index in [-0.39, 0.29) is 5.41 Å². The number of para-hydroxylation sites is 1. The Morgan fingerprint density at radius 2 is 0.696 bits per heavy atom. The summed E-state index contributed by atoms with van der Waals surface area (Å²) in [6.07, 6.45) is 0. The zero-order valence-electron chi connectivity index (χ0n) is 43.6. The molecular formula is C77H48N2. The van der Waals surface area contributed by atoms with Gasteiger partial charge in [0.15, 0.2) is 0 Å². The summed E-state index contributed by atoms with van der Waals surface area (Å²) in [4.78, 5) is 0. The molecule has 18 rings (SSSR count). The molecule has 0 amide bonds. The lowest BCUT2D eigenvalue weighted by Crippen LogP contribution is -2.14. The van der Waals surface area contributed by atoms with Crippen LogP contribution in [0.4, 0.5) is 0 Å². The van der Waals surface area contributed by atoms with Gasteiger partial charge in [-0.1, -0.05) is 178 Å². The summed E-state index contributed by atoms with van der Waals surface area (Å²) < 4.78 is 5.07. The monoisotopic (exact) mass is 1000 g/mol. The first-order chi connectivity index (χ1) is 38.9. The van der Waals surface area contributed by atoms with Crippen molar-refractivity contribution in [1.82, 2.24) is 8.80 Å². The highest BCUT2D eigenvalue weighted by Crippen LogP contribution is 2.51. The van der Waals surface area contributed by atoms with Crippen LogP contribution in [0.5, 0.6) is 0 Å². The number of rotatable bonds is 5. The molecule has 17 aromatic rings. The second-order valence-corrected chi connectivity index (χ2v) is 22.8. The van der Waals surface area contributed by atoms with Crippen LogP contribution in [0.15, 0.2) is 255 Å². The van der Waals surface area contributed by atoms with Crippen molar-refractivity contribution in [1.29, 1.82) is 0 Å². The van der Waals surface area contributed by atoms with E-state index in [1.54, 1.807) is 0 Å². The molecule has 1 aliphatic rings. The Kier molecular flexibility index (Phi) is 8.50. The van der Waals surface area contributed by atoms with E-state index >= 15 is 0 Å². The van der Waals surface area contributed by atoms with Crippen LogP contribution in [-0.4, -0.2) is 8.80 Å². The van der Waals surface area contributed by atoms with Crippen molar-refractivity contribution in [2.75, 3.05) is 0 Å². The van der Waals surface area contributed by atoms with Crippen molar-refractivity contribution in [3.05, 3.63) is 266 Å². The van der Waals surface area contributed by atoms with Crippen molar-refractivity contribution in [2.24, 2.45) is 0 Å². The van der Waals surface area contributed by atoms with Gasteiger partial charge in [0.05, 0.1) is 33.1 Å². The molecule has 0 radical (unpaired) electrons. The molecule has 0 atom stereocenters. The molecule has 4 heterocycles. The fraction of sp³-hybridized carbons (Fsp3) is 0.0390. The van der Waals surface area contributed by atoms with Gasteiger partial charge in [-0.15, -0.1) is 0 Å². The molecule has 2 nitrogen and oxygen atoms in total. The highest BCUT2D eigenvalue weighted by atomic mass is 14.9. The number of fused-ring (bicyclic) bond motifs is 17. The summed E-state index contributed by atoms with van der Waals surface area (Å²) in [7, 11) is 0. The summed E-state index contributed by atoms with van der Waals surface area (Å²) in [6.45, 7) is 4.76. The molecule has 366 valence electrons. The normalized spacial score (nSPS) is 13.3. The summed E-state index contributed by atoms with van der Waals surface area (Å²) in [5, 5.41) is 15.2. The lowest BCUT2D eigenvalue weighted by Gasteiger charge is -2.22. The fourth-order valence-electron chi connectivity index (χ4n) is 14.5. The van der Waals surface area contributed by atoms with Crippen LogP contribution in [0.3, 0.4) is 0 Å². The third-order valence-electron chi connectivity index (χ3n) is 18.3. The van der Waals surface area contributed by atoms with Crippen LogP contribution in [0.1, 0.15) is 25.0 Å². The molecule has 79 heavy (non-hydrogen) atoms. The maximum absolute atomic E-state index is 2.54. The molecule has 0 spiro atoms. The van der Waals surface area contributed by atoms with Gasteiger partial charge in [0.25, 0.3) is 0 Å². The predicted octanol–water partition coefficient (Wildman–Crippen LogP) is 20.9. The first-order valence-corrected chi connectivity index (χ1v) is 27.7. The van der Waals surface area contributed by atoms with Crippen molar-refractivity contribution in [3.63, 3.8) is 0 Å². The van der Waals surface area contributed by atoms with Crippen molar-refractivity contribution < 1.29 is 0 Å². The summed E-state index contributed by atoms with van der Waals surface area (Å²) >= 11 is 0. The zero-order valence-corrected chi connectivity index (χ0v) is 43.6. The SMILES string of the molecule is CC1(C)c2ccccc2-c2ccc(-c3cc4c5cc(-c6cccc7cc8c(cc67)c6cc(-c7cc(-c9ccccc9)cc(-c9ccccc9)c7)cc7c9ccccc9n8c76)ccc5n5c6cc7ccccc7cc6c(c3)c45)cc21. The number of aromatic nitrogens is 2. The van der Waals surface area contributed by atoms with Crippen LogP contribution in [-0.2, 0) is 5.41 Å². The average Bonchev–Trinajstić information content (AvgIpc) is 4.33. The van der Waals surface area contributed by atoms with Crippen LogP contribution < -0.4 is 0 Å². The Balaban J connectivity index is 0.862. The molecule has 0 saturated carbocycles. The summed E-state index contributed by atoms with van der Waals surface area (Å²) in [5.41, 5.74) is 25.1. The Hall–Kier alpha value is -10.0. The average molecular weight is 1000 g/mol. The molecule has 1 aliphatic carbocycles. The number of hydrogen-bond donors (Lipinski definition) is 0. The molecule has 0 saturated heterocycles. The molecule has 0 bridgehead atoms. The second-order valence-electron chi connectivity index (χ2n) is 22.8. The van der Waals surface area contributed by atoms with Crippen LogP contribution >= 0.6 is 0 Å². The number of nitrogens with zero attached hydrogens (tertiary/aromatic N) is 2. The van der Waals surface area contributed by atoms with E-state index in [2.05, 4.69) is 277 Å². The lowest BCUT2D eigenvalue weighted by atomic mass is 9.81. The number of hydrogen-bond acceptors (Lipinski definition) is 0. The molecule has 0 unspecified atom stereocenters. The van der Waals surface area contributed by atoms with Gasteiger partial charge in [0, 0.05) is 48.5 Å². The highest BCUT2D eigenvalue weighted by molar-refractivity contribution is 6.28. The van der Waals surface area contributed by atoms with Crippen LogP contribution in [0.2, 0.25) is 0 Å². The molecule has 4 aromatic heterocycles. The van der Waals surface area contributed by atoms with Gasteiger partial charge in [-0.05, 0) is 190 Å². The molecular weight excluding hydrogens is 953 g/mol. The van der Waals surface area contributed by atoms with Crippen molar-refractivity contribution >= 4 is 97.7 Å². The quantitative estimate of drug-likeness (QED) is 0.162. The largest absolute Gasteiger partial charge is 0.308 e. The predicted molar refractivity (Wildman–Crippen MR) is 336 cm³/mol. The molecule has 0 N–H and O–H groups in total. The lowest BCUT2D eigenvalue weighted by molar-refractivity contribution is 0.660. The van der Waals surface area contributed by atoms with Crippen molar-refractivity contribution in [2.45, 2.75) is 19.3 Å². The van der Waals surface area contributed by atoms with E-state index in [4.69, 9.17) is 0 Å². The van der Waals surface area contributed by atoms with Crippen molar-refractivity contribution in [3.8, 4) is 66.8 Å². The van der Waals surface area contributed by atoms with E-state index in [1.807, 2.05) is 0 Å². The third-order valence-corrected chi connectivity index (χ3v) is 18.3. The Labute approximate surface area is 456 Å². The second kappa shape index (κ2) is 15.6. The molecule has 2 heteroatoms. The van der Waals surface area contributed by atoms with E-state index < -0.39 is 0 Å². The minimum atomic E-state index is -0.0919. The van der Waals surface area contributed by atoms with E-state index in [9.17, 15) is 0 Å². The van der Waals surface area contributed by atoms with E-state index in [1.165, 1.54) is 176 Å². The number of benzene rings is 13. The molecule has 13 aromatic carbocycles. The van der Waals surface area contributed by atoms with Crippen LogP contribution in [0, 0.1) is 0 Å². The summed E-state index contributed by atoms with van der Waals surface area (Å²) in [5.74, 6) is 0. The van der Waals surface area contributed by atoms with Gasteiger partial charge >= 0.3 is 0 Å². The Bertz CT molecular complexity index is 5380. The minimum Gasteiger partial charge on any atom is -0.308 e. The van der Waals surface area contributed by atoms with Gasteiger partial charge < -0.3 is 8.80 Å². The zero-order chi connectivity index (χ0) is 51.8. The Morgan fingerprint density at radius 3 is 1.41 bits per heavy atom. The third kappa shape index (κ3) is 5.95. The minimum absolute atomic E-state index is 0.0919. The Morgan fingerprint density at radius 1 is 0.228 bits per heavy atom. The maximum Gasteiger partial charge on any atom is 0.0620 e.